The largest absolute Gasteiger partial charge is 0.318 e. The van der Waals surface area contributed by atoms with Gasteiger partial charge in [0.15, 0.2) is 0 Å². The van der Waals surface area contributed by atoms with Crippen molar-refractivity contribution in [2.45, 2.75) is 44.4 Å². The van der Waals surface area contributed by atoms with E-state index < -0.39 is 0 Å². The number of aliphatic imine (C=N–C) groups is 1. The van der Waals surface area contributed by atoms with Crippen LogP contribution in [0, 0.1) is 5.82 Å². The van der Waals surface area contributed by atoms with Gasteiger partial charge in [0.2, 0.25) is 0 Å². The molecule has 2 heterocycles. The van der Waals surface area contributed by atoms with Crippen LogP contribution in [0.25, 0.3) is 11.1 Å². The van der Waals surface area contributed by atoms with Gasteiger partial charge in [-0.2, -0.15) is 11.8 Å². The fourth-order valence-corrected chi connectivity index (χ4v) is 5.19. The molecular weight excluding hydrogens is 419 g/mol. The Hall–Kier alpha value is -2.66. The smallest absolute Gasteiger partial charge is 0.250 e. The summed E-state index contributed by atoms with van der Waals surface area (Å²) in [5.41, 5.74) is 8.32. The molecule has 0 N–H and O–H groups in total. The zero-order chi connectivity index (χ0) is 22.4. The molecule has 1 saturated carbocycles. The van der Waals surface area contributed by atoms with E-state index in [0.717, 1.165) is 63.4 Å². The first-order chi connectivity index (χ1) is 15.5. The molecule has 0 saturated heterocycles. The van der Waals surface area contributed by atoms with Crippen molar-refractivity contribution < 1.29 is 4.39 Å². The summed E-state index contributed by atoms with van der Waals surface area (Å²) in [6, 6.07) is 13.2. The third kappa shape index (κ3) is 3.83. The predicted octanol–water partition coefficient (Wildman–Crippen LogP) is 6.23. The van der Waals surface area contributed by atoms with Crippen LogP contribution >= 0.6 is 11.8 Å². The highest BCUT2D eigenvalue weighted by molar-refractivity contribution is 7.98. The molecule has 1 fully saturated rings. The van der Waals surface area contributed by atoms with Gasteiger partial charge in [0.1, 0.15) is 5.82 Å². The van der Waals surface area contributed by atoms with E-state index in [1.54, 1.807) is 23.7 Å². The molecule has 0 amide bonds. The Kier molecular flexibility index (Phi) is 5.54. The van der Waals surface area contributed by atoms with Crippen molar-refractivity contribution in [1.82, 2.24) is 4.57 Å². The van der Waals surface area contributed by atoms with Crippen molar-refractivity contribution in [3.63, 3.8) is 0 Å². The lowest BCUT2D eigenvalue weighted by Crippen LogP contribution is -2.17. The number of nitrogens with zero attached hydrogens (tertiary/aromatic N) is 2. The average Bonchev–Trinajstić information content (AvgIpc) is 3.63. The first-order valence-electron chi connectivity index (χ1n) is 11.3. The van der Waals surface area contributed by atoms with Crippen LogP contribution in [0.2, 0.25) is 0 Å². The number of thioether (sulfide) groups is 1. The number of rotatable bonds is 5. The van der Waals surface area contributed by atoms with Crippen LogP contribution < -0.4 is 5.56 Å². The number of fused-ring (bicyclic) bond motifs is 3. The van der Waals surface area contributed by atoms with E-state index in [-0.39, 0.29) is 17.4 Å². The third-order valence-electron chi connectivity index (χ3n) is 6.42. The molecule has 1 aliphatic heterocycles. The lowest BCUT2D eigenvalue weighted by molar-refractivity contribution is 0.625. The highest BCUT2D eigenvalue weighted by Gasteiger charge is 2.30. The zero-order valence-electron chi connectivity index (χ0n) is 18.7. The number of hydrogen-bond acceptors (Lipinski definition) is 3. The first kappa shape index (κ1) is 21.2. The van der Waals surface area contributed by atoms with Crippen LogP contribution in [0.15, 0.2) is 58.4 Å². The summed E-state index contributed by atoms with van der Waals surface area (Å²) in [6.45, 7) is 4.21. The molecule has 2 aliphatic rings. The Balaban J connectivity index is 1.77. The lowest BCUT2D eigenvalue weighted by atomic mass is 9.89. The highest BCUT2D eigenvalue weighted by Crippen LogP contribution is 2.44. The van der Waals surface area contributed by atoms with Gasteiger partial charge in [-0.25, -0.2) is 4.39 Å². The second-order valence-corrected chi connectivity index (χ2v) is 10.0. The number of halogens is 1. The van der Waals surface area contributed by atoms with Crippen molar-refractivity contribution in [2.75, 3.05) is 5.75 Å². The van der Waals surface area contributed by atoms with E-state index in [4.69, 9.17) is 4.99 Å². The Bertz CT molecular complexity index is 1290. The number of aromatic nitrogens is 1. The minimum absolute atomic E-state index is 0.0334. The van der Waals surface area contributed by atoms with Crippen molar-refractivity contribution >= 4 is 17.5 Å². The van der Waals surface area contributed by atoms with E-state index in [9.17, 15) is 9.18 Å². The first-order valence-corrected chi connectivity index (χ1v) is 12.4. The quantitative estimate of drug-likeness (QED) is 0.465. The Morgan fingerprint density at radius 1 is 1.03 bits per heavy atom. The molecule has 0 bridgehead atoms. The maximum atomic E-state index is 14.2. The summed E-state index contributed by atoms with van der Waals surface area (Å²) in [6.07, 6.45) is 4.12. The van der Waals surface area contributed by atoms with Gasteiger partial charge in [0.05, 0.1) is 11.8 Å². The van der Waals surface area contributed by atoms with Crippen LogP contribution in [-0.2, 0) is 12.8 Å². The standard InChI is InChI=1S/C27H27FN2OS/c1-4-32-15-17-5-9-21-24(11-17)25-14-30(3)26(31)13-22(25)16(2)29-27(21)20-10-8-19(28)12-23(20)18-6-7-18/h5,8-14,16,18H,4,6-7,15H2,1-3H3/t16-/m0/s1. The summed E-state index contributed by atoms with van der Waals surface area (Å²) >= 11 is 1.89. The van der Waals surface area contributed by atoms with Crippen LogP contribution in [0.3, 0.4) is 0 Å². The fraction of sp³-hybridized carbons (Fsp3) is 0.333. The average molecular weight is 447 g/mol. The van der Waals surface area contributed by atoms with Crippen molar-refractivity contribution in [1.29, 1.82) is 0 Å². The number of benzene rings is 2. The monoisotopic (exact) mass is 446 g/mol. The van der Waals surface area contributed by atoms with E-state index in [1.165, 1.54) is 11.6 Å². The topological polar surface area (TPSA) is 34.4 Å². The van der Waals surface area contributed by atoms with Gasteiger partial charge in [-0.3, -0.25) is 9.79 Å². The second kappa shape index (κ2) is 8.36. The van der Waals surface area contributed by atoms with Gasteiger partial charge in [0.25, 0.3) is 5.56 Å². The molecule has 1 aromatic heterocycles. The summed E-state index contributed by atoms with van der Waals surface area (Å²) in [7, 11) is 1.79. The van der Waals surface area contributed by atoms with Crippen LogP contribution in [-0.4, -0.2) is 16.0 Å². The van der Waals surface area contributed by atoms with E-state index in [0.29, 0.717) is 5.92 Å². The van der Waals surface area contributed by atoms with Crippen LogP contribution in [0.4, 0.5) is 4.39 Å². The number of hydrogen-bond donors (Lipinski definition) is 0. The lowest BCUT2D eigenvalue weighted by Gasteiger charge is -2.16. The summed E-state index contributed by atoms with van der Waals surface area (Å²) in [4.78, 5) is 17.6. The number of pyridine rings is 1. The van der Waals surface area contributed by atoms with Gasteiger partial charge in [-0.1, -0.05) is 19.1 Å². The Morgan fingerprint density at radius 3 is 2.56 bits per heavy atom. The molecule has 0 spiro atoms. The molecule has 3 nitrogen and oxygen atoms in total. The van der Waals surface area contributed by atoms with Gasteiger partial charge in [0, 0.05) is 41.8 Å². The molecule has 0 unspecified atom stereocenters. The second-order valence-electron chi connectivity index (χ2n) is 8.77. The van der Waals surface area contributed by atoms with Crippen molar-refractivity contribution in [2.24, 2.45) is 12.0 Å². The number of aryl methyl sites for hydroxylation is 1. The van der Waals surface area contributed by atoms with Crippen molar-refractivity contribution in [3.8, 4) is 11.1 Å². The molecule has 0 radical (unpaired) electrons. The molecule has 164 valence electrons. The van der Waals surface area contributed by atoms with Gasteiger partial charge < -0.3 is 4.57 Å². The molecule has 32 heavy (non-hydrogen) atoms. The molecule has 5 heteroatoms. The minimum Gasteiger partial charge on any atom is -0.318 e. The van der Waals surface area contributed by atoms with Crippen molar-refractivity contribution in [3.05, 3.63) is 92.6 Å². The maximum absolute atomic E-state index is 14.2. The van der Waals surface area contributed by atoms with E-state index in [1.807, 2.05) is 30.9 Å². The fourth-order valence-electron chi connectivity index (χ4n) is 4.57. The molecule has 2 aromatic carbocycles. The normalized spacial score (nSPS) is 17.4. The molecule has 1 atom stereocenters. The van der Waals surface area contributed by atoms with Gasteiger partial charge in [-0.15, -0.1) is 0 Å². The maximum Gasteiger partial charge on any atom is 0.250 e. The summed E-state index contributed by atoms with van der Waals surface area (Å²) in [5, 5.41) is 0. The minimum atomic E-state index is -0.198. The molecular formula is C27H27FN2OS. The van der Waals surface area contributed by atoms with E-state index >= 15 is 0 Å². The van der Waals surface area contributed by atoms with Crippen LogP contribution in [0.5, 0.6) is 0 Å². The van der Waals surface area contributed by atoms with Gasteiger partial charge >= 0.3 is 0 Å². The summed E-state index contributed by atoms with van der Waals surface area (Å²) < 4.78 is 15.8. The Morgan fingerprint density at radius 2 is 1.81 bits per heavy atom. The van der Waals surface area contributed by atoms with E-state index in [2.05, 4.69) is 25.1 Å². The van der Waals surface area contributed by atoms with Gasteiger partial charge in [-0.05, 0) is 78.0 Å². The molecule has 5 rings (SSSR count). The summed E-state index contributed by atoms with van der Waals surface area (Å²) in [5.74, 6) is 2.21. The SMILES string of the molecule is CCSCc1ccc2c(c1)-c1cn(C)c(=O)cc1[C@H](C)N=C2c1ccc(F)cc1C1CC1. The molecule has 3 aromatic rings. The van der Waals surface area contributed by atoms with Crippen LogP contribution in [0.1, 0.15) is 66.5 Å². The molecule has 1 aliphatic carbocycles. The Labute approximate surface area is 192 Å². The third-order valence-corrected chi connectivity index (χ3v) is 7.37. The predicted molar refractivity (Wildman–Crippen MR) is 131 cm³/mol. The zero-order valence-corrected chi connectivity index (χ0v) is 19.5. The highest BCUT2D eigenvalue weighted by atomic mass is 32.2.